The number of rotatable bonds is 5. The Bertz CT molecular complexity index is 631. The van der Waals surface area contributed by atoms with Gasteiger partial charge in [0.25, 0.3) is 0 Å². The monoisotopic (exact) mass is 314 g/mol. The zero-order valence-electron chi connectivity index (χ0n) is 13.1. The number of amides is 1. The molecule has 1 N–H and O–H groups in total. The van der Waals surface area contributed by atoms with Crippen molar-refractivity contribution < 1.29 is 14.3 Å². The van der Waals surface area contributed by atoms with E-state index in [0.717, 1.165) is 44.0 Å². The lowest BCUT2D eigenvalue weighted by Crippen LogP contribution is -2.48. The minimum atomic E-state index is 0.186. The highest BCUT2D eigenvalue weighted by atomic mass is 16.3. The summed E-state index contributed by atoms with van der Waals surface area (Å²) in [5.41, 5.74) is 0.995. The number of carbonyl (C=O) groups excluding carboxylic acids is 1. The third-order valence-electron chi connectivity index (χ3n) is 4.22. The van der Waals surface area contributed by atoms with Gasteiger partial charge in [-0.05, 0) is 36.2 Å². The number of hydrogen-bond donors (Lipinski definition) is 1. The van der Waals surface area contributed by atoms with E-state index in [9.17, 15) is 9.90 Å². The molecule has 0 spiro atoms. The Labute approximate surface area is 136 Å². The van der Waals surface area contributed by atoms with Crippen molar-refractivity contribution in [3.05, 3.63) is 54.0 Å². The van der Waals surface area contributed by atoms with Crippen LogP contribution in [0.5, 0.6) is 5.75 Å². The molecule has 1 saturated heterocycles. The molecule has 1 aliphatic heterocycles. The Morgan fingerprint density at radius 1 is 1.13 bits per heavy atom. The molecular formula is C18H22N2O3. The maximum atomic E-state index is 12.3. The largest absolute Gasteiger partial charge is 0.508 e. The van der Waals surface area contributed by atoms with Gasteiger partial charge in [0.05, 0.1) is 12.8 Å². The topological polar surface area (TPSA) is 56.9 Å². The van der Waals surface area contributed by atoms with Gasteiger partial charge in [-0.3, -0.25) is 9.69 Å². The average Bonchev–Trinajstić information content (AvgIpc) is 3.06. The van der Waals surface area contributed by atoms with Crippen LogP contribution < -0.4 is 0 Å². The fourth-order valence-electron chi connectivity index (χ4n) is 2.90. The Balaban J connectivity index is 1.43. The molecule has 1 fully saturated rings. The molecule has 0 saturated carbocycles. The highest BCUT2D eigenvalue weighted by Crippen LogP contribution is 2.14. The number of phenols is 1. The van der Waals surface area contributed by atoms with Gasteiger partial charge in [-0.2, -0.15) is 0 Å². The van der Waals surface area contributed by atoms with Gasteiger partial charge in [0.1, 0.15) is 11.5 Å². The van der Waals surface area contributed by atoms with E-state index >= 15 is 0 Å². The highest BCUT2D eigenvalue weighted by molar-refractivity contribution is 5.76. The summed E-state index contributed by atoms with van der Waals surface area (Å²) in [6.45, 7) is 4.08. The van der Waals surface area contributed by atoms with Gasteiger partial charge in [0.15, 0.2) is 0 Å². The lowest BCUT2D eigenvalue weighted by Gasteiger charge is -2.34. The van der Waals surface area contributed by atoms with Crippen molar-refractivity contribution in [2.75, 3.05) is 26.2 Å². The van der Waals surface area contributed by atoms with Gasteiger partial charge in [0.2, 0.25) is 5.91 Å². The van der Waals surface area contributed by atoms with Crippen molar-refractivity contribution in [3.63, 3.8) is 0 Å². The molecule has 0 radical (unpaired) electrons. The normalized spacial score (nSPS) is 15.7. The number of aryl methyl sites for hydroxylation is 1. The Kier molecular flexibility index (Phi) is 4.98. The van der Waals surface area contributed by atoms with E-state index in [1.54, 1.807) is 18.4 Å². The summed E-state index contributed by atoms with van der Waals surface area (Å²) < 4.78 is 5.37. The molecule has 0 atom stereocenters. The zero-order chi connectivity index (χ0) is 16.1. The summed E-state index contributed by atoms with van der Waals surface area (Å²) in [6, 6.07) is 11.0. The van der Waals surface area contributed by atoms with Gasteiger partial charge in [-0.25, -0.2) is 0 Å². The molecule has 122 valence electrons. The van der Waals surface area contributed by atoms with Crippen LogP contribution in [0.15, 0.2) is 47.1 Å². The fourth-order valence-corrected chi connectivity index (χ4v) is 2.90. The fraction of sp³-hybridized carbons (Fsp3) is 0.389. The van der Waals surface area contributed by atoms with Crippen LogP contribution in [0.4, 0.5) is 0 Å². The summed E-state index contributed by atoms with van der Waals surface area (Å²) >= 11 is 0. The van der Waals surface area contributed by atoms with Crippen LogP contribution in [0.3, 0.4) is 0 Å². The number of furan rings is 1. The van der Waals surface area contributed by atoms with Crippen molar-refractivity contribution in [3.8, 4) is 5.75 Å². The number of nitrogens with zero attached hydrogens (tertiary/aromatic N) is 2. The molecule has 3 rings (SSSR count). The molecule has 23 heavy (non-hydrogen) atoms. The highest BCUT2D eigenvalue weighted by Gasteiger charge is 2.21. The summed E-state index contributed by atoms with van der Waals surface area (Å²) in [5.74, 6) is 1.40. The standard InChI is InChI=1S/C18H22N2O3/c21-16-4-1-3-15(13-16)6-7-18(22)20-10-8-19(9-11-20)14-17-5-2-12-23-17/h1-5,12-13,21H,6-11,14H2. The number of hydrogen-bond acceptors (Lipinski definition) is 4. The van der Waals surface area contributed by atoms with Crippen LogP contribution in [0.2, 0.25) is 0 Å². The minimum Gasteiger partial charge on any atom is -0.508 e. The maximum absolute atomic E-state index is 12.3. The lowest BCUT2D eigenvalue weighted by molar-refractivity contribution is -0.133. The van der Waals surface area contributed by atoms with Crippen LogP contribution in [0.25, 0.3) is 0 Å². The molecule has 1 aliphatic rings. The Hall–Kier alpha value is -2.27. The van der Waals surface area contributed by atoms with Gasteiger partial charge >= 0.3 is 0 Å². The number of carbonyl (C=O) groups is 1. The molecule has 0 unspecified atom stereocenters. The number of phenolic OH excluding ortho intramolecular Hbond substituents is 1. The van der Waals surface area contributed by atoms with Gasteiger partial charge in [0, 0.05) is 32.6 Å². The summed E-state index contributed by atoms with van der Waals surface area (Å²) in [4.78, 5) is 16.5. The van der Waals surface area contributed by atoms with E-state index in [4.69, 9.17) is 4.42 Å². The van der Waals surface area contributed by atoms with Crippen LogP contribution in [-0.4, -0.2) is 47.0 Å². The molecule has 1 aromatic carbocycles. The van der Waals surface area contributed by atoms with Crippen LogP contribution >= 0.6 is 0 Å². The molecule has 0 bridgehead atoms. The molecule has 2 aromatic rings. The van der Waals surface area contributed by atoms with Crippen molar-refractivity contribution in [2.24, 2.45) is 0 Å². The maximum Gasteiger partial charge on any atom is 0.222 e. The van der Waals surface area contributed by atoms with Crippen molar-refractivity contribution in [1.29, 1.82) is 0 Å². The van der Waals surface area contributed by atoms with Crippen molar-refractivity contribution in [1.82, 2.24) is 9.80 Å². The van der Waals surface area contributed by atoms with E-state index in [0.29, 0.717) is 12.8 Å². The molecule has 0 aliphatic carbocycles. The lowest BCUT2D eigenvalue weighted by atomic mass is 10.1. The number of piperazine rings is 1. The van der Waals surface area contributed by atoms with E-state index in [1.807, 2.05) is 29.2 Å². The van der Waals surface area contributed by atoms with Gasteiger partial charge < -0.3 is 14.4 Å². The second-order valence-electron chi connectivity index (χ2n) is 5.91. The molecule has 5 nitrogen and oxygen atoms in total. The predicted molar refractivity (Wildman–Crippen MR) is 87.0 cm³/mol. The zero-order valence-corrected chi connectivity index (χ0v) is 13.1. The molecule has 1 amide bonds. The predicted octanol–water partition coefficient (Wildman–Crippen LogP) is 2.26. The average molecular weight is 314 g/mol. The van der Waals surface area contributed by atoms with Crippen LogP contribution in [0.1, 0.15) is 17.7 Å². The SMILES string of the molecule is O=C(CCc1cccc(O)c1)N1CCN(Cc2ccco2)CC1. The molecular weight excluding hydrogens is 292 g/mol. The van der Waals surface area contributed by atoms with Crippen molar-refractivity contribution >= 4 is 5.91 Å². The second-order valence-corrected chi connectivity index (χ2v) is 5.91. The van der Waals surface area contributed by atoms with E-state index in [-0.39, 0.29) is 11.7 Å². The summed E-state index contributed by atoms with van der Waals surface area (Å²) in [7, 11) is 0. The Morgan fingerprint density at radius 3 is 2.65 bits per heavy atom. The minimum absolute atomic E-state index is 0.186. The summed E-state index contributed by atoms with van der Waals surface area (Å²) in [6.07, 6.45) is 2.85. The molecule has 1 aromatic heterocycles. The van der Waals surface area contributed by atoms with E-state index < -0.39 is 0 Å². The van der Waals surface area contributed by atoms with Crippen molar-refractivity contribution in [2.45, 2.75) is 19.4 Å². The van der Waals surface area contributed by atoms with Crippen LogP contribution in [-0.2, 0) is 17.8 Å². The van der Waals surface area contributed by atoms with Crippen LogP contribution in [0, 0.1) is 0 Å². The summed E-state index contributed by atoms with van der Waals surface area (Å²) in [5, 5.41) is 9.45. The first-order valence-corrected chi connectivity index (χ1v) is 8.01. The first-order chi connectivity index (χ1) is 11.2. The molecule has 5 heteroatoms. The van der Waals surface area contributed by atoms with E-state index in [1.165, 1.54) is 0 Å². The smallest absolute Gasteiger partial charge is 0.222 e. The van der Waals surface area contributed by atoms with E-state index in [2.05, 4.69) is 4.90 Å². The quantitative estimate of drug-likeness (QED) is 0.920. The molecule has 2 heterocycles. The van der Waals surface area contributed by atoms with Gasteiger partial charge in [-0.15, -0.1) is 0 Å². The first kappa shape index (κ1) is 15.6. The Morgan fingerprint density at radius 2 is 1.96 bits per heavy atom. The first-order valence-electron chi connectivity index (χ1n) is 8.01. The second kappa shape index (κ2) is 7.33. The third kappa shape index (κ3) is 4.36. The third-order valence-corrected chi connectivity index (χ3v) is 4.22. The number of benzene rings is 1. The van der Waals surface area contributed by atoms with Gasteiger partial charge in [-0.1, -0.05) is 12.1 Å². The number of aromatic hydroxyl groups is 1.